The van der Waals surface area contributed by atoms with Crippen LogP contribution >= 0.6 is 12.2 Å². The molecule has 1 heterocycles. The Morgan fingerprint density at radius 1 is 1.50 bits per heavy atom. The van der Waals surface area contributed by atoms with Crippen molar-refractivity contribution in [3.8, 4) is 0 Å². The lowest BCUT2D eigenvalue weighted by atomic mass is 10.0. The number of rotatable bonds is 4. The molecule has 0 aromatic heterocycles. The summed E-state index contributed by atoms with van der Waals surface area (Å²) in [4.78, 5) is 4.56. The molecule has 1 saturated heterocycles. The van der Waals surface area contributed by atoms with Crippen LogP contribution < -0.4 is 5.32 Å². The van der Waals surface area contributed by atoms with Crippen LogP contribution in [0.15, 0.2) is 0 Å². The minimum atomic E-state index is 0.582. The Morgan fingerprint density at radius 3 is 2.69 bits per heavy atom. The van der Waals surface area contributed by atoms with Gasteiger partial charge in [-0.15, -0.1) is 0 Å². The molecular formula is C11H23N3OS. The number of nitrogens with one attached hydrogen (secondary N) is 1. The molecule has 0 bridgehead atoms. The van der Waals surface area contributed by atoms with Crippen LogP contribution in [0.1, 0.15) is 12.8 Å². The summed E-state index contributed by atoms with van der Waals surface area (Å²) in [5.41, 5.74) is 0. The van der Waals surface area contributed by atoms with Crippen molar-refractivity contribution in [2.24, 2.45) is 0 Å². The predicted octanol–water partition coefficient (Wildman–Crippen LogP) is 0.533. The summed E-state index contributed by atoms with van der Waals surface area (Å²) >= 11 is 5.35. The van der Waals surface area contributed by atoms with Crippen molar-refractivity contribution in [3.05, 3.63) is 0 Å². The van der Waals surface area contributed by atoms with Crippen LogP contribution in [-0.2, 0) is 4.74 Å². The molecule has 0 aromatic rings. The third kappa shape index (κ3) is 4.23. The van der Waals surface area contributed by atoms with Crippen molar-refractivity contribution in [2.45, 2.75) is 18.9 Å². The van der Waals surface area contributed by atoms with Gasteiger partial charge in [-0.1, -0.05) is 0 Å². The molecule has 1 aliphatic heterocycles. The normalized spacial score (nSPS) is 18.4. The molecule has 0 unspecified atom stereocenters. The van der Waals surface area contributed by atoms with Gasteiger partial charge in [0.25, 0.3) is 0 Å². The molecule has 1 aliphatic rings. The van der Waals surface area contributed by atoms with Gasteiger partial charge in [0, 0.05) is 26.7 Å². The van der Waals surface area contributed by atoms with E-state index in [4.69, 9.17) is 17.0 Å². The van der Waals surface area contributed by atoms with Gasteiger partial charge in [-0.3, -0.25) is 0 Å². The number of thiocarbonyl (C=S) groups is 1. The van der Waals surface area contributed by atoms with Crippen molar-refractivity contribution < 1.29 is 4.74 Å². The van der Waals surface area contributed by atoms with Crippen LogP contribution in [0.5, 0.6) is 0 Å². The lowest BCUT2D eigenvalue weighted by Crippen LogP contribution is -2.48. The molecule has 1 N–H and O–H groups in total. The zero-order chi connectivity index (χ0) is 12.0. The molecule has 1 fully saturated rings. The number of hydrogen-bond acceptors (Lipinski definition) is 3. The largest absolute Gasteiger partial charge is 0.383 e. The van der Waals surface area contributed by atoms with E-state index >= 15 is 0 Å². The van der Waals surface area contributed by atoms with Gasteiger partial charge in [-0.25, -0.2) is 0 Å². The van der Waals surface area contributed by atoms with Crippen molar-refractivity contribution in [1.82, 2.24) is 15.1 Å². The third-order valence-corrected chi connectivity index (χ3v) is 3.57. The van der Waals surface area contributed by atoms with E-state index in [1.165, 1.54) is 12.8 Å². The van der Waals surface area contributed by atoms with Crippen LogP contribution in [0.3, 0.4) is 0 Å². The fourth-order valence-corrected chi connectivity index (χ4v) is 2.18. The SMILES string of the molecule is COCCNC(=S)N(C)C1CCN(C)CC1. The summed E-state index contributed by atoms with van der Waals surface area (Å²) in [7, 11) is 5.95. The topological polar surface area (TPSA) is 27.7 Å². The molecule has 0 atom stereocenters. The summed E-state index contributed by atoms with van der Waals surface area (Å²) in [6.07, 6.45) is 2.39. The van der Waals surface area contributed by atoms with Gasteiger partial charge < -0.3 is 19.9 Å². The molecule has 16 heavy (non-hydrogen) atoms. The lowest BCUT2D eigenvalue weighted by Gasteiger charge is -2.36. The zero-order valence-electron chi connectivity index (χ0n) is 10.5. The second-order valence-corrected chi connectivity index (χ2v) is 4.76. The molecule has 0 radical (unpaired) electrons. The summed E-state index contributed by atoms with van der Waals surface area (Å²) < 4.78 is 4.98. The van der Waals surface area contributed by atoms with Crippen LogP contribution in [-0.4, -0.2) is 68.4 Å². The van der Waals surface area contributed by atoms with Crippen LogP contribution in [0.25, 0.3) is 0 Å². The van der Waals surface area contributed by atoms with Gasteiger partial charge in [0.2, 0.25) is 0 Å². The standard InChI is InChI=1S/C11H23N3OS/c1-13-7-4-10(5-8-13)14(2)11(16)12-6-9-15-3/h10H,4-9H2,1-3H3,(H,12,16). The van der Waals surface area contributed by atoms with Gasteiger partial charge >= 0.3 is 0 Å². The summed E-state index contributed by atoms with van der Waals surface area (Å²) in [6.45, 7) is 3.80. The maximum atomic E-state index is 5.35. The second-order valence-electron chi connectivity index (χ2n) is 4.37. The second kappa shape index (κ2) is 7.04. The molecule has 0 aliphatic carbocycles. The van der Waals surface area contributed by atoms with Crippen LogP contribution in [0.4, 0.5) is 0 Å². The quantitative estimate of drug-likeness (QED) is 0.576. The molecule has 4 nitrogen and oxygen atoms in total. The highest BCUT2D eigenvalue weighted by Crippen LogP contribution is 2.13. The smallest absolute Gasteiger partial charge is 0.169 e. The number of hydrogen-bond donors (Lipinski definition) is 1. The molecule has 5 heteroatoms. The van der Waals surface area contributed by atoms with Gasteiger partial charge in [-0.05, 0) is 45.2 Å². The Bertz CT molecular complexity index is 217. The first-order chi connectivity index (χ1) is 7.65. The van der Waals surface area contributed by atoms with E-state index in [2.05, 4.69) is 29.2 Å². The summed E-state index contributed by atoms with van der Waals surface area (Å²) in [6, 6.07) is 0.582. The van der Waals surface area contributed by atoms with E-state index in [-0.39, 0.29) is 0 Å². The van der Waals surface area contributed by atoms with E-state index in [0.29, 0.717) is 12.6 Å². The molecule has 1 rings (SSSR count). The average molecular weight is 245 g/mol. The zero-order valence-corrected chi connectivity index (χ0v) is 11.3. The van der Waals surface area contributed by atoms with Crippen molar-refractivity contribution in [2.75, 3.05) is 47.4 Å². The molecule has 94 valence electrons. The lowest BCUT2D eigenvalue weighted by molar-refractivity contribution is 0.186. The minimum absolute atomic E-state index is 0.582. The highest BCUT2D eigenvalue weighted by molar-refractivity contribution is 7.80. The number of methoxy groups -OCH3 is 1. The number of ether oxygens (including phenoxy) is 1. The number of piperidine rings is 1. The summed E-state index contributed by atoms with van der Waals surface area (Å²) in [5, 5.41) is 4.05. The monoisotopic (exact) mass is 245 g/mol. The Kier molecular flexibility index (Phi) is 6.01. The maximum Gasteiger partial charge on any atom is 0.169 e. The Labute approximate surface area is 104 Å². The van der Waals surface area contributed by atoms with Crippen molar-refractivity contribution >= 4 is 17.3 Å². The van der Waals surface area contributed by atoms with Gasteiger partial charge in [0.15, 0.2) is 5.11 Å². The fraction of sp³-hybridized carbons (Fsp3) is 0.909. The molecular weight excluding hydrogens is 222 g/mol. The molecule has 0 amide bonds. The average Bonchev–Trinajstić information content (AvgIpc) is 2.29. The van der Waals surface area contributed by atoms with Gasteiger partial charge in [0.05, 0.1) is 6.61 Å². The van der Waals surface area contributed by atoms with E-state index in [9.17, 15) is 0 Å². The first-order valence-corrected chi connectivity index (χ1v) is 6.24. The number of likely N-dealkylation sites (tertiary alicyclic amines) is 1. The molecule has 0 spiro atoms. The first-order valence-electron chi connectivity index (χ1n) is 5.83. The highest BCUT2D eigenvalue weighted by atomic mass is 32.1. The van der Waals surface area contributed by atoms with Crippen LogP contribution in [0, 0.1) is 0 Å². The Balaban J connectivity index is 2.27. The van der Waals surface area contributed by atoms with Crippen molar-refractivity contribution in [1.29, 1.82) is 0 Å². The van der Waals surface area contributed by atoms with Crippen molar-refractivity contribution in [3.63, 3.8) is 0 Å². The predicted molar refractivity (Wildman–Crippen MR) is 70.8 cm³/mol. The third-order valence-electron chi connectivity index (χ3n) is 3.14. The Hall–Kier alpha value is -0.390. The van der Waals surface area contributed by atoms with E-state index in [0.717, 1.165) is 24.7 Å². The van der Waals surface area contributed by atoms with Crippen LogP contribution in [0.2, 0.25) is 0 Å². The summed E-state index contributed by atoms with van der Waals surface area (Å²) in [5.74, 6) is 0. The number of nitrogens with zero attached hydrogens (tertiary/aromatic N) is 2. The highest BCUT2D eigenvalue weighted by Gasteiger charge is 2.21. The van der Waals surface area contributed by atoms with Gasteiger partial charge in [-0.2, -0.15) is 0 Å². The van der Waals surface area contributed by atoms with E-state index in [1.807, 2.05) is 0 Å². The molecule has 0 aromatic carbocycles. The van der Waals surface area contributed by atoms with E-state index in [1.54, 1.807) is 7.11 Å². The minimum Gasteiger partial charge on any atom is -0.383 e. The molecule has 0 saturated carbocycles. The van der Waals surface area contributed by atoms with Gasteiger partial charge in [0.1, 0.15) is 0 Å². The van der Waals surface area contributed by atoms with E-state index < -0.39 is 0 Å². The fourth-order valence-electron chi connectivity index (χ4n) is 1.93. The Morgan fingerprint density at radius 2 is 2.12 bits per heavy atom. The maximum absolute atomic E-state index is 5.35. The first kappa shape index (κ1) is 13.7.